The molecule has 2 amide bonds. The minimum atomic E-state index is -1.76. The summed E-state index contributed by atoms with van der Waals surface area (Å²) in [4.78, 5) is 64.9. The number of carbonyl (C=O) groups is 4. The quantitative estimate of drug-likeness (QED) is 0.0455. The number of anilines is 2. The molecule has 2 aliphatic rings. The molecule has 2 aliphatic heterocycles. The van der Waals surface area contributed by atoms with Crippen molar-refractivity contribution in [3.63, 3.8) is 0 Å². The van der Waals surface area contributed by atoms with E-state index in [1.165, 1.54) is 43.6 Å². The number of nitrogens with two attached hydrogens (primary N) is 2. The van der Waals surface area contributed by atoms with E-state index in [4.69, 9.17) is 16.3 Å². The standard InChI is InChI=1S/C23H24N10O7S3/c1-23(2,20(38)39)40-30-13(10-5-26-21(25)43-10)16(34)29-14-17(35)32-15(19(36)37)9(6-41-18(14)32)7-42-22-28-11(24)4-12-31(3)8-27-33(12)22/h4-5,8,14,18,24H,6-7H2,1-3H3,(H5,25,26,29,30,34,36,37,38,39)/p+1. The molecule has 1 fully saturated rings. The smallest absolute Gasteiger partial charge is 0.352 e. The molecule has 3 aromatic heterocycles. The predicted octanol–water partition coefficient (Wildman–Crippen LogP) is -0.710. The molecule has 0 aromatic carbocycles. The van der Waals surface area contributed by atoms with Crippen molar-refractivity contribution in [3.05, 3.63) is 34.7 Å². The van der Waals surface area contributed by atoms with Gasteiger partial charge < -0.3 is 31.8 Å². The number of nitrogens with zero attached hydrogens (tertiary/aromatic N) is 7. The minimum Gasteiger partial charge on any atom is -0.478 e. The SMILES string of the molecule is C[n+]1cnn2c(SCC3=C(C(=O)O)N4C(=O)C(NC(=O)/C(=N\OC(C)(C)C(=O)O)c5cnc(N)s5)C4SC3)nc(N)cc21. The summed E-state index contributed by atoms with van der Waals surface area (Å²) in [7, 11) is 1.80. The number of nitrogens with one attached hydrogen (secondary N) is 1. The maximum Gasteiger partial charge on any atom is 0.352 e. The number of nitrogen functional groups attached to an aromatic ring is 2. The maximum absolute atomic E-state index is 13.3. The fourth-order valence-corrected chi connectivity index (χ4v) is 7.19. The molecule has 0 radical (unpaired) electrons. The van der Waals surface area contributed by atoms with Crippen LogP contribution in [0.1, 0.15) is 18.7 Å². The number of carbonyl (C=O) groups excluding carboxylic acids is 2. The van der Waals surface area contributed by atoms with Gasteiger partial charge in [0.2, 0.25) is 5.60 Å². The van der Waals surface area contributed by atoms with Gasteiger partial charge in [0.05, 0.1) is 18.0 Å². The van der Waals surface area contributed by atoms with Crippen LogP contribution in [0.3, 0.4) is 0 Å². The van der Waals surface area contributed by atoms with Crippen molar-refractivity contribution in [1.82, 2.24) is 29.8 Å². The lowest BCUT2D eigenvalue weighted by molar-refractivity contribution is -0.646. The number of amides is 2. The molecule has 0 bridgehead atoms. The summed E-state index contributed by atoms with van der Waals surface area (Å²) in [6.45, 7) is 2.50. The van der Waals surface area contributed by atoms with Gasteiger partial charge in [0.1, 0.15) is 22.9 Å². The number of thiazole rings is 1. The van der Waals surface area contributed by atoms with Crippen LogP contribution in [0.4, 0.5) is 10.9 Å². The Hall–Kier alpha value is -4.43. The van der Waals surface area contributed by atoms with Gasteiger partial charge in [0.25, 0.3) is 28.9 Å². The summed E-state index contributed by atoms with van der Waals surface area (Å²) >= 11 is 3.42. The van der Waals surface area contributed by atoms with Gasteiger partial charge in [-0.3, -0.25) is 14.5 Å². The van der Waals surface area contributed by atoms with Crippen LogP contribution in [0, 0.1) is 0 Å². The van der Waals surface area contributed by atoms with Crippen LogP contribution in [-0.4, -0.2) is 92.7 Å². The molecule has 3 aromatic rings. The molecule has 43 heavy (non-hydrogen) atoms. The third-order valence-electron chi connectivity index (χ3n) is 6.37. The normalized spacial score (nSPS) is 18.8. The van der Waals surface area contributed by atoms with Gasteiger partial charge in [-0.15, -0.1) is 11.8 Å². The molecule has 0 saturated carbocycles. The summed E-state index contributed by atoms with van der Waals surface area (Å²) < 4.78 is 3.34. The van der Waals surface area contributed by atoms with Crippen molar-refractivity contribution < 1.29 is 38.8 Å². The van der Waals surface area contributed by atoms with Crippen molar-refractivity contribution in [3.8, 4) is 0 Å². The largest absolute Gasteiger partial charge is 0.478 e. The summed E-state index contributed by atoms with van der Waals surface area (Å²) in [5.74, 6) is -3.37. The lowest BCUT2D eigenvalue weighted by Crippen LogP contribution is -2.71. The van der Waals surface area contributed by atoms with Gasteiger partial charge in [0, 0.05) is 22.8 Å². The van der Waals surface area contributed by atoms with E-state index in [1.807, 2.05) is 0 Å². The fraction of sp³-hybridized carbons (Fsp3) is 0.348. The monoisotopic (exact) mass is 649 g/mol. The summed E-state index contributed by atoms with van der Waals surface area (Å²) in [5, 5.41) is 29.9. The van der Waals surface area contributed by atoms with Crippen LogP contribution in [-0.2, 0) is 31.1 Å². The molecule has 226 valence electrons. The number of aromatic nitrogens is 5. The molecule has 0 aliphatic carbocycles. The van der Waals surface area contributed by atoms with Gasteiger partial charge in [0.15, 0.2) is 10.8 Å². The Balaban J connectivity index is 1.35. The first-order valence-electron chi connectivity index (χ1n) is 12.3. The van der Waals surface area contributed by atoms with Crippen LogP contribution < -0.4 is 21.4 Å². The molecule has 2 atom stereocenters. The van der Waals surface area contributed by atoms with E-state index in [1.54, 1.807) is 28.5 Å². The second kappa shape index (κ2) is 11.3. The molecular formula is C23H25N10O7S3+. The van der Waals surface area contributed by atoms with Crippen LogP contribution in [0.15, 0.2) is 40.2 Å². The van der Waals surface area contributed by atoms with Gasteiger partial charge in [-0.1, -0.05) is 28.3 Å². The molecule has 5 heterocycles. The van der Waals surface area contributed by atoms with E-state index in [0.29, 0.717) is 16.4 Å². The van der Waals surface area contributed by atoms with Crippen molar-refractivity contribution in [2.75, 3.05) is 23.0 Å². The Morgan fingerprint density at radius 2 is 2.07 bits per heavy atom. The molecule has 20 heteroatoms. The second-order valence-electron chi connectivity index (χ2n) is 9.79. The number of hydrogen-bond donors (Lipinski definition) is 5. The van der Waals surface area contributed by atoms with Crippen LogP contribution in [0.25, 0.3) is 5.65 Å². The molecule has 1 saturated heterocycles. The summed E-state index contributed by atoms with van der Waals surface area (Å²) in [6.07, 6.45) is 2.86. The first-order chi connectivity index (χ1) is 20.3. The van der Waals surface area contributed by atoms with E-state index >= 15 is 0 Å². The lowest BCUT2D eigenvalue weighted by Gasteiger charge is -2.49. The molecule has 0 spiro atoms. The predicted molar refractivity (Wildman–Crippen MR) is 155 cm³/mol. The highest BCUT2D eigenvalue weighted by Crippen LogP contribution is 2.41. The van der Waals surface area contributed by atoms with E-state index < -0.39 is 40.8 Å². The van der Waals surface area contributed by atoms with E-state index in [2.05, 4.69) is 25.5 Å². The average Bonchev–Trinajstić information content (AvgIpc) is 3.54. The van der Waals surface area contributed by atoms with Gasteiger partial charge in [-0.05, 0) is 23.9 Å². The number of thioether (sulfide) groups is 2. The van der Waals surface area contributed by atoms with E-state index in [9.17, 15) is 29.4 Å². The third kappa shape index (κ3) is 5.67. The number of hydrogen-bond acceptors (Lipinski definition) is 14. The van der Waals surface area contributed by atoms with Crippen LogP contribution in [0.5, 0.6) is 0 Å². The number of carboxylic acids is 2. The number of aliphatic carboxylic acids is 2. The van der Waals surface area contributed by atoms with Crippen molar-refractivity contribution in [2.45, 2.75) is 36.0 Å². The number of fused-ring (bicyclic) bond motifs is 2. The number of carboxylic acid groups (broad SMARTS) is 2. The highest BCUT2D eigenvalue weighted by molar-refractivity contribution is 8.01. The Labute approximate surface area is 255 Å². The van der Waals surface area contributed by atoms with Crippen molar-refractivity contribution >= 4 is 80.9 Å². The molecule has 17 nitrogen and oxygen atoms in total. The summed E-state index contributed by atoms with van der Waals surface area (Å²) in [5.41, 5.74) is 10.5. The number of rotatable bonds is 10. The van der Waals surface area contributed by atoms with Crippen molar-refractivity contribution in [2.24, 2.45) is 12.2 Å². The highest BCUT2D eigenvalue weighted by atomic mass is 32.2. The molecule has 7 N–H and O–H groups in total. The first-order valence-corrected chi connectivity index (χ1v) is 15.2. The highest BCUT2D eigenvalue weighted by Gasteiger charge is 2.54. The zero-order valence-electron chi connectivity index (χ0n) is 22.7. The van der Waals surface area contributed by atoms with Gasteiger partial charge in [-0.25, -0.2) is 19.1 Å². The third-order valence-corrected chi connectivity index (χ3v) is 9.55. The Morgan fingerprint density at radius 3 is 2.72 bits per heavy atom. The minimum absolute atomic E-state index is 0.124. The first kappa shape index (κ1) is 30.0. The van der Waals surface area contributed by atoms with Gasteiger partial charge in [-0.2, -0.15) is 4.98 Å². The zero-order chi connectivity index (χ0) is 31.2. The average molecular weight is 650 g/mol. The number of aryl methyl sites for hydroxylation is 1. The Bertz CT molecular complexity index is 1730. The topological polar surface area (TPSA) is 245 Å². The van der Waals surface area contributed by atoms with Crippen LogP contribution in [0.2, 0.25) is 0 Å². The zero-order valence-corrected chi connectivity index (χ0v) is 25.2. The number of β-lactam (4-membered cyclic amide) rings is 1. The van der Waals surface area contributed by atoms with Gasteiger partial charge >= 0.3 is 11.9 Å². The number of oxime groups is 1. The van der Waals surface area contributed by atoms with Crippen LogP contribution >= 0.6 is 34.9 Å². The lowest BCUT2D eigenvalue weighted by atomic mass is 10.0. The molecular weight excluding hydrogens is 625 g/mol. The van der Waals surface area contributed by atoms with E-state index in [0.717, 1.165) is 16.2 Å². The second-order valence-corrected chi connectivity index (χ2v) is 12.9. The summed E-state index contributed by atoms with van der Waals surface area (Å²) in [6, 6.07) is 0.579. The maximum atomic E-state index is 13.3. The Morgan fingerprint density at radius 1 is 1.33 bits per heavy atom. The van der Waals surface area contributed by atoms with E-state index in [-0.39, 0.29) is 38.7 Å². The fourth-order valence-electron chi connectivity index (χ4n) is 4.07. The molecule has 2 unspecified atom stereocenters. The molecule has 5 rings (SSSR count). The van der Waals surface area contributed by atoms with Crippen molar-refractivity contribution in [1.29, 1.82) is 0 Å². The Kier molecular flexibility index (Phi) is 7.92.